The lowest BCUT2D eigenvalue weighted by molar-refractivity contribution is -0.143. The third-order valence-electron chi connectivity index (χ3n) is 4.01. The lowest BCUT2D eigenvalue weighted by Gasteiger charge is -2.35. The SMILES string of the molecule is COCCOc1ccc(Cl)cc1C(=O)N1CC(C)CC(C(=O)O)C1. The molecule has 7 heteroatoms. The number of rotatable bonds is 6. The van der Waals surface area contributed by atoms with Crippen LogP contribution in [-0.2, 0) is 9.53 Å². The lowest BCUT2D eigenvalue weighted by atomic mass is 9.90. The number of halogens is 1. The standard InChI is InChI=1S/C17H22ClNO5/c1-11-7-12(17(21)22)10-19(9-11)16(20)14-8-13(18)3-4-15(14)24-6-5-23-2/h3-4,8,11-12H,5-7,9-10H2,1-2H3,(H,21,22). The van der Waals surface area contributed by atoms with Gasteiger partial charge in [0.15, 0.2) is 0 Å². The number of nitrogens with zero attached hydrogens (tertiary/aromatic N) is 1. The van der Waals surface area contributed by atoms with Crippen LogP contribution in [0.5, 0.6) is 5.75 Å². The first-order chi connectivity index (χ1) is 11.4. The maximum atomic E-state index is 12.9. The Morgan fingerprint density at radius 1 is 1.33 bits per heavy atom. The van der Waals surface area contributed by atoms with Crippen LogP contribution in [0.3, 0.4) is 0 Å². The van der Waals surface area contributed by atoms with Crippen molar-refractivity contribution in [3.8, 4) is 5.75 Å². The molecule has 1 heterocycles. The fraction of sp³-hybridized carbons (Fsp3) is 0.529. The predicted molar refractivity (Wildman–Crippen MR) is 89.6 cm³/mol. The van der Waals surface area contributed by atoms with Crippen molar-refractivity contribution in [3.63, 3.8) is 0 Å². The van der Waals surface area contributed by atoms with Crippen LogP contribution in [-0.4, -0.2) is 55.3 Å². The summed E-state index contributed by atoms with van der Waals surface area (Å²) in [7, 11) is 1.57. The maximum absolute atomic E-state index is 12.9. The Kier molecular flexibility index (Phi) is 6.45. The molecule has 1 saturated heterocycles. The third kappa shape index (κ3) is 4.61. The van der Waals surface area contributed by atoms with Crippen molar-refractivity contribution in [2.75, 3.05) is 33.4 Å². The number of aliphatic carboxylic acids is 1. The van der Waals surface area contributed by atoms with E-state index in [2.05, 4.69) is 0 Å². The van der Waals surface area contributed by atoms with Crippen LogP contribution >= 0.6 is 11.6 Å². The van der Waals surface area contributed by atoms with Gasteiger partial charge in [-0.25, -0.2) is 0 Å². The van der Waals surface area contributed by atoms with Gasteiger partial charge < -0.3 is 19.5 Å². The van der Waals surface area contributed by atoms with Crippen molar-refractivity contribution in [2.45, 2.75) is 13.3 Å². The van der Waals surface area contributed by atoms with E-state index in [1.807, 2.05) is 6.92 Å². The number of amides is 1. The summed E-state index contributed by atoms with van der Waals surface area (Å²) in [6.07, 6.45) is 0.575. The highest BCUT2D eigenvalue weighted by Crippen LogP contribution is 2.28. The molecule has 2 rings (SSSR count). The lowest BCUT2D eigenvalue weighted by Crippen LogP contribution is -2.45. The molecule has 0 saturated carbocycles. The zero-order valence-electron chi connectivity index (χ0n) is 13.8. The fourth-order valence-corrected chi connectivity index (χ4v) is 3.07. The summed E-state index contributed by atoms with van der Waals surface area (Å²) < 4.78 is 10.5. The van der Waals surface area contributed by atoms with Gasteiger partial charge in [-0.1, -0.05) is 18.5 Å². The Morgan fingerprint density at radius 3 is 2.75 bits per heavy atom. The number of hydrogen-bond donors (Lipinski definition) is 1. The fourth-order valence-electron chi connectivity index (χ4n) is 2.90. The first kappa shape index (κ1) is 18.5. The molecular weight excluding hydrogens is 334 g/mol. The average Bonchev–Trinajstić information content (AvgIpc) is 2.55. The minimum atomic E-state index is -0.873. The van der Waals surface area contributed by atoms with Crippen LogP contribution in [0.2, 0.25) is 5.02 Å². The first-order valence-corrected chi connectivity index (χ1v) is 8.23. The Hall–Kier alpha value is -1.79. The van der Waals surface area contributed by atoms with E-state index in [1.54, 1.807) is 30.2 Å². The molecule has 0 bridgehead atoms. The van der Waals surface area contributed by atoms with Crippen LogP contribution in [0.15, 0.2) is 18.2 Å². The van der Waals surface area contributed by atoms with Crippen molar-refractivity contribution in [3.05, 3.63) is 28.8 Å². The number of carbonyl (C=O) groups is 2. The van der Waals surface area contributed by atoms with Gasteiger partial charge in [0.25, 0.3) is 5.91 Å². The molecule has 1 N–H and O–H groups in total. The van der Waals surface area contributed by atoms with Gasteiger partial charge in [-0.3, -0.25) is 9.59 Å². The normalized spacial score (nSPS) is 20.7. The van der Waals surface area contributed by atoms with Crippen molar-refractivity contribution in [1.82, 2.24) is 4.90 Å². The van der Waals surface area contributed by atoms with Crippen molar-refractivity contribution < 1.29 is 24.2 Å². The van der Waals surface area contributed by atoms with Gasteiger partial charge in [0.1, 0.15) is 12.4 Å². The number of piperidine rings is 1. The molecule has 1 aliphatic rings. The Balaban J connectivity index is 2.21. The van der Waals surface area contributed by atoms with Crippen LogP contribution in [0.4, 0.5) is 0 Å². The van der Waals surface area contributed by atoms with Gasteiger partial charge in [-0.2, -0.15) is 0 Å². The number of carboxylic acids is 1. The van der Waals surface area contributed by atoms with E-state index in [0.29, 0.717) is 42.5 Å². The third-order valence-corrected chi connectivity index (χ3v) is 4.25. The summed E-state index contributed by atoms with van der Waals surface area (Å²) in [6.45, 7) is 3.38. The van der Waals surface area contributed by atoms with E-state index in [4.69, 9.17) is 21.1 Å². The molecule has 0 radical (unpaired) electrons. The summed E-state index contributed by atoms with van der Waals surface area (Å²) in [5.74, 6) is -1.13. The van der Waals surface area contributed by atoms with E-state index >= 15 is 0 Å². The molecule has 1 aromatic carbocycles. The number of ether oxygens (including phenoxy) is 2. The Morgan fingerprint density at radius 2 is 2.08 bits per heavy atom. The topological polar surface area (TPSA) is 76.1 Å². The predicted octanol–water partition coefficient (Wildman–Crippen LogP) is 2.55. The Bertz CT molecular complexity index is 607. The highest BCUT2D eigenvalue weighted by Gasteiger charge is 2.33. The number of benzene rings is 1. The van der Waals surface area contributed by atoms with Gasteiger partial charge in [-0.05, 0) is 30.5 Å². The van der Waals surface area contributed by atoms with E-state index in [0.717, 1.165) is 0 Å². The van der Waals surface area contributed by atoms with Gasteiger partial charge >= 0.3 is 5.97 Å². The Labute approximate surface area is 146 Å². The molecule has 1 amide bonds. The number of likely N-dealkylation sites (tertiary alicyclic amines) is 1. The van der Waals surface area contributed by atoms with E-state index in [9.17, 15) is 14.7 Å². The minimum absolute atomic E-state index is 0.126. The monoisotopic (exact) mass is 355 g/mol. The van der Waals surface area contributed by atoms with E-state index in [-0.39, 0.29) is 18.4 Å². The van der Waals surface area contributed by atoms with Crippen molar-refractivity contribution in [2.24, 2.45) is 11.8 Å². The highest BCUT2D eigenvalue weighted by molar-refractivity contribution is 6.31. The second-order valence-electron chi connectivity index (χ2n) is 6.07. The smallest absolute Gasteiger partial charge is 0.308 e. The second-order valence-corrected chi connectivity index (χ2v) is 6.50. The molecule has 0 spiro atoms. The number of carboxylic acid groups (broad SMARTS) is 1. The number of methoxy groups -OCH3 is 1. The molecule has 2 atom stereocenters. The summed E-state index contributed by atoms with van der Waals surface area (Å²) in [6, 6.07) is 4.85. The molecule has 1 aromatic rings. The molecule has 2 unspecified atom stereocenters. The summed E-state index contributed by atoms with van der Waals surface area (Å²) in [5.41, 5.74) is 0.344. The van der Waals surface area contributed by atoms with E-state index < -0.39 is 11.9 Å². The maximum Gasteiger partial charge on any atom is 0.308 e. The van der Waals surface area contributed by atoms with Gasteiger partial charge in [0.2, 0.25) is 0 Å². The molecule has 0 aliphatic carbocycles. The zero-order chi connectivity index (χ0) is 17.7. The summed E-state index contributed by atoms with van der Waals surface area (Å²) in [4.78, 5) is 25.8. The van der Waals surface area contributed by atoms with Crippen molar-refractivity contribution >= 4 is 23.5 Å². The second kappa shape index (κ2) is 8.35. The minimum Gasteiger partial charge on any atom is -0.490 e. The summed E-state index contributed by atoms with van der Waals surface area (Å²) >= 11 is 6.02. The first-order valence-electron chi connectivity index (χ1n) is 7.85. The molecule has 1 aliphatic heterocycles. The molecule has 24 heavy (non-hydrogen) atoms. The van der Waals surface area contributed by atoms with Crippen LogP contribution in [0, 0.1) is 11.8 Å². The molecule has 132 valence electrons. The molecule has 1 fully saturated rings. The van der Waals surface area contributed by atoms with Gasteiger partial charge in [0, 0.05) is 25.2 Å². The largest absolute Gasteiger partial charge is 0.490 e. The van der Waals surface area contributed by atoms with Crippen LogP contribution < -0.4 is 4.74 Å². The quantitative estimate of drug-likeness (QED) is 0.793. The number of hydrogen-bond acceptors (Lipinski definition) is 4. The van der Waals surface area contributed by atoms with E-state index in [1.165, 1.54) is 0 Å². The van der Waals surface area contributed by atoms with Gasteiger partial charge in [-0.15, -0.1) is 0 Å². The molecular formula is C17H22ClNO5. The highest BCUT2D eigenvalue weighted by atomic mass is 35.5. The van der Waals surface area contributed by atoms with Gasteiger partial charge in [0.05, 0.1) is 18.1 Å². The van der Waals surface area contributed by atoms with Crippen LogP contribution in [0.1, 0.15) is 23.7 Å². The molecule has 0 aromatic heterocycles. The zero-order valence-corrected chi connectivity index (χ0v) is 14.6. The summed E-state index contributed by atoms with van der Waals surface area (Å²) in [5, 5.41) is 9.70. The average molecular weight is 356 g/mol. The molecule has 6 nitrogen and oxygen atoms in total. The van der Waals surface area contributed by atoms with Crippen LogP contribution in [0.25, 0.3) is 0 Å². The number of carbonyl (C=O) groups excluding carboxylic acids is 1. The van der Waals surface area contributed by atoms with Crippen molar-refractivity contribution in [1.29, 1.82) is 0 Å².